The highest BCUT2D eigenvalue weighted by molar-refractivity contribution is 8.02. The van der Waals surface area contributed by atoms with E-state index in [1.807, 2.05) is 13.8 Å². The fourth-order valence-electron chi connectivity index (χ4n) is 6.80. The minimum atomic E-state index is -0.722. The van der Waals surface area contributed by atoms with Gasteiger partial charge in [-0.25, -0.2) is 0 Å². The Balaban J connectivity index is 1.68. The Morgan fingerprint density at radius 2 is 2.08 bits per heavy atom. The molecule has 1 spiro atoms. The molecule has 0 saturated carbocycles. The van der Waals surface area contributed by atoms with Gasteiger partial charge >= 0.3 is 5.97 Å². The molecular formula is C27H43N3O6S. The number of rotatable bonds is 12. The summed E-state index contributed by atoms with van der Waals surface area (Å²) in [6.45, 7) is 14.4. The number of hydrogen-bond acceptors (Lipinski definition) is 8. The van der Waals surface area contributed by atoms with Gasteiger partial charge < -0.3 is 24.4 Å². The minimum absolute atomic E-state index is 0.0238. The molecule has 37 heavy (non-hydrogen) atoms. The van der Waals surface area contributed by atoms with Crippen LogP contribution in [0.1, 0.15) is 40.0 Å². The number of carbonyl (C=O) groups excluding carboxylic acids is 3. The Labute approximate surface area is 224 Å². The average molecular weight is 538 g/mol. The van der Waals surface area contributed by atoms with Crippen molar-refractivity contribution in [3.63, 3.8) is 0 Å². The van der Waals surface area contributed by atoms with Crippen molar-refractivity contribution in [3.8, 4) is 0 Å². The second kappa shape index (κ2) is 12.1. The van der Waals surface area contributed by atoms with Crippen molar-refractivity contribution in [1.82, 2.24) is 14.7 Å². The number of esters is 1. The molecule has 4 aliphatic heterocycles. The van der Waals surface area contributed by atoms with Gasteiger partial charge in [-0.3, -0.25) is 19.3 Å². The van der Waals surface area contributed by atoms with E-state index in [0.29, 0.717) is 39.1 Å². The third kappa shape index (κ3) is 5.31. The largest absolute Gasteiger partial charge is 0.466 e. The molecule has 1 N–H and O–H groups in total. The maximum Gasteiger partial charge on any atom is 0.310 e. The van der Waals surface area contributed by atoms with Crippen LogP contribution >= 0.6 is 11.8 Å². The molecule has 208 valence electrons. The quantitative estimate of drug-likeness (QED) is 0.295. The van der Waals surface area contributed by atoms with Crippen LogP contribution in [0, 0.1) is 17.8 Å². The van der Waals surface area contributed by atoms with Crippen molar-refractivity contribution >= 4 is 29.5 Å². The van der Waals surface area contributed by atoms with Crippen LogP contribution in [-0.4, -0.2) is 119 Å². The minimum Gasteiger partial charge on any atom is -0.466 e. The first-order chi connectivity index (χ1) is 17.8. The van der Waals surface area contributed by atoms with E-state index in [4.69, 9.17) is 9.47 Å². The number of aliphatic hydroxyl groups is 1. The van der Waals surface area contributed by atoms with E-state index in [2.05, 4.69) is 11.5 Å². The van der Waals surface area contributed by atoms with Gasteiger partial charge in [-0.2, -0.15) is 0 Å². The maximum absolute atomic E-state index is 14.4. The molecule has 6 atom stereocenters. The monoisotopic (exact) mass is 537 g/mol. The highest BCUT2D eigenvalue weighted by Gasteiger charge is 2.74. The third-order valence-electron chi connectivity index (χ3n) is 8.33. The predicted molar refractivity (Wildman–Crippen MR) is 142 cm³/mol. The lowest BCUT2D eigenvalue weighted by molar-refractivity contribution is -0.154. The first-order valence-corrected chi connectivity index (χ1v) is 14.6. The zero-order valence-electron chi connectivity index (χ0n) is 22.5. The molecule has 0 aliphatic carbocycles. The van der Waals surface area contributed by atoms with E-state index in [1.54, 1.807) is 34.6 Å². The van der Waals surface area contributed by atoms with Gasteiger partial charge in [-0.15, -0.1) is 18.3 Å². The molecule has 0 radical (unpaired) electrons. The summed E-state index contributed by atoms with van der Waals surface area (Å²) in [6, 6.07) is -1.20. The molecular weight excluding hydrogens is 494 g/mol. The number of carbonyl (C=O) groups is 3. The van der Waals surface area contributed by atoms with Gasteiger partial charge in [0.2, 0.25) is 11.8 Å². The highest BCUT2D eigenvalue weighted by Crippen LogP contribution is 2.67. The molecule has 0 aromatic rings. The van der Waals surface area contributed by atoms with Gasteiger partial charge in [0.25, 0.3) is 0 Å². The molecule has 4 aliphatic rings. The Morgan fingerprint density at radius 3 is 2.70 bits per heavy atom. The van der Waals surface area contributed by atoms with Crippen molar-refractivity contribution in [1.29, 1.82) is 0 Å². The van der Waals surface area contributed by atoms with Crippen molar-refractivity contribution in [2.45, 2.75) is 62.1 Å². The lowest BCUT2D eigenvalue weighted by atomic mass is 9.71. The smallest absolute Gasteiger partial charge is 0.310 e. The molecule has 4 rings (SSSR count). The zero-order valence-corrected chi connectivity index (χ0v) is 23.3. The average Bonchev–Trinajstić information content (AvgIpc) is 3.52. The van der Waals surface area contributed by atoms with Crippen LogP contribution in [0.3, 0.4) is 0 Å². The Hall–Kier alpha value is -1.62. The number of nitrogens with zero attached hydrogens (tertiary/aromatic N) is 3. The zero-order chi connectivity index (χ0) is 26.7. The maximum atomic E-state index is 14.4. The second-order valence-electron chi connectivity index (χ2n) is 11.0. The van der Waals surface area contributed by atoms with Crippen molar-refractivity contribution in [2.75, 3.05) is 59.2 Å². The van der Waals surface area contributed by atoms with Crippen LogP contribution in [0.5, 0.6) is 0 Å². The fourth-order valence-corrected chi connectivity index (χ4v) is 8.98. The van der Waals surface area contributed by atoms with Crippen LogP contribution in [0.25, 0.3) is 0 Å². The lowest BCUT2D eigenvalue weighted by Gasteiger charge is -2.40. The van der Waals surface area contributed by atoms with E-state index in [1.165, 1.54) is 0 Å². The molecule has 4 fully saturated rings. The SMILES string of the molecule is C=CCN(CCN1CCOCC1)C(=O)C1N([C@@H](CO)CC(C)C)C(=O)[C@@H]2[C@H](C(=O)OCC)[C@@H]3CCC12S3. The van der Waals surface area contributed by atoms with Crippen molar-refractivity contribution < 1.29 is 29.0 Å². The Bertz CT molecular complexity index is 865. The summed E-state index contributed by atoms with van der Waals surface area (Å²) in [6.07, 6.45) is 3.79. The lowest BCUT2D eigenvalue weighted by Crippen LogP contribution is -2.58. The van der Waals surface area contributed by atoms with E-state index < -0.39 is 28.7 Å². The summed E-state index contributed by atoms with van der Waals surface area (Å²) >= 11 is 1.64. The standard InChI is InChI=1S/C27H43N3O6S/c1-5-9-29(11-10-28-12-14-35-15-13-28)25(33)23-27-8-7-20(37-27)21(26(34)36-6-2)22(27)24(32)30(23)19(17-31)16-18(3)4/h5,18-23,31H,1,6-17H2,2-4H3/t19-,20+,21-,22+,23?,27?/m1/s1. The topological polar surface area (TPSA) is 99.6 Å². The number of amides is 2. The molecule has 0 aromatic heterocycles. The Kier molecular flexibility index (Phi) is 9.25. The van der Waals surface area contributed by atoms with Crippen LogP contribution in [0.4, 0.5) is 0 Å². The molecule has 4 heterocycles. The van der Waals surface area contributed by atoms with Crippen molar-refractivity contribution in [3.05, 3.63) is 12.7 Å². The van der Waals surface area contributed by atoms with Gasteiger partial charge in [-0.05, 0) is 32.1 Å². The molecule has 4 saturated heterocycles. The number of ether oxygens (including phenoxy) is 2. The fraction of sp³-hybridized carbons (Fsp3) is 0.815. The Morgan fingerprint density at radius 1 is 1.35 bits per heavy atom. The summed E-state index contributed by atoms with van der Waals surface area (Å²) in [5.41, 5.74) is 0. The number of likely N-dealkylation sites (tertiary alicyclic amines) is 1. The predicted octanol–water partition coefficient (Wildman–Crippen LogP) is 1.39. The molecule has 2 bridgehead atoms. The molecule has 2 unspecified atom stereocenters. The second-order valence-corrected chi connectivity index (χ2v) is 12.6. The molecule has 0 aromatic carbocycles. The summed E-state index contributed by atoms with van der Waals surface area (Å²) < 4.78 is 10.2. The van der Waals surface area contributed by atoms with Crippen molar-refractivity contribution in [2.24, 2.45) is 17.8 Å². The summed E-state index contributed by atoms with van der Waals surface area (Å²) in [5, 5.41) is 10.4. The highest BCUT2D eigenvalue weighted by atomic mass is 32.2. The van der Waals surface area contributed by atoms with Gasteiger partial charge in [0.05, 0.1) is 49.1 Å². The van der Waals surface area contributed by atoms with Crippen LogP contribution in [0.15, 0.2) is 12.7 Å². The van der Waals surface area contributed by atoms with Crippen LogP contribution in [0.2, 0.25) is 0 Å². The molecule has 2 amide bonds. The van der Waals surface area contributed by atoms with Gasteiger partial charge in [0.15, 0.2) is 0 Å². The number of morpholine rings is 1. The van der Waals surface area contributed by atoms with Gasteiger partial charge in [0, 0.05) is 38.0 Å². The number of aliphatic hydroxyl groups excluding tert-OH is 1. The number of hydrogen-bond donors (Lipinski definition) is 1. The van der Waals surface area contributed by atoms with Crippen LogP contribution < -0.4 is 0 Å². The first kappa shape index (κ1) is 28.4. The van der Waals surface area contributed by atoms with E-state index in [9.17, 15) is 19.5 Å². The summed E-state index contributed by atoms with van der Waals surface area (Å²) in [5.74, 6) is -1.55. The normalized spacial score (nSPS) is 32.0. The van der Waals surface area contributed by atoms with Gasteiger partial charge in [0.1, 0.15) is 6.04 Å². The molecule has 10 heteroatoms. The number of fused-ring (bicyclic) bond motifs is 1. The molecule has 9 nitrogen and oxygen atoms in total. The van der Waals surface area contributed by atoms with E-state index in [-0.39, 0.29) is 42.2 Å². The van der Waals surface area contributed by atoms with E-state index in [0.717, 1.165) is 26.1 Å². The first-order valence-electron chi connectivity index (χ1n) is 13.8. The number of thioether (sulfide) groups is 1. The summed E-state index contributed by atoms with van der Waals surface area (Å²) in [7, 11) is 0. The van der Waals surface area contributed by atoms with E-state index >= 15 is 0 Å². The summed E-state index contributed by atoms with van der Waals surface area (Å²) in [4.78, 5) is 47.4. The van der Waals surface area contributed by atoms with Crippen LogP contribution in [-0.2, 0) is 23.9 Å². The van der Waals surface area contributed by atoms with Gasteiger partial charge in [-0.1, -0.05) is 19.9 Å². The third-order valence-corrected chi connectivity index (χ3v) is 10.3.